The number of carbonyl (C=O) groups excluding carboxylic acids is 1. The summed E-state index contributed by atoms with van der Waals surface area (Å²) in [6, 6.07) is 0. The third-order valence-electron chi connectivity index (χ3n) is 3.77. The topological polar surface area (TPSA) is 49.3 Å². The summed E-state index contributed by atoms with van der Waals surface area (Å²) in [5.74, 6) is 2.42. The van der Waals surface area contributed by atoms with E-state index in [4.69, 9.17) is 0 Å². The monoisotopic (exact) mass is 245 g/mol. The summed E-state index contributed by atoms with van der Waals surface area (Å²) in [7, 11) is 0. The second kappa shape index (κ2) is 6.50. The van der Waals surface area contributed by atoms with Crippen molar-refractivity contribution in [1.82, 2.24) is 5.32 Å². The minimum Gasteiger partial charge on any atom is -0.396 e. The van der Waals surface area contributed by atoms with Crippen molar-refractivity contribution in [2.45, 2.75) is 33.1 Å². The van der Waals surface area contributed by atoms with Gasteiger partial charge in [0.2, 0.25) is 5.91 Å². The Morgan fingerprint density at radius 1 is 1.50 bits per heavy atom. The maximum Gasteiger partial charge on any atom is 0.223 e. The molecule has 3 nitrogen and oxygen atoms in total. The maximum absolute atomic E-state index is 11.8. The number of thioether (sulfide) groups is 1. The van der Waals surface area contributed by atoms with E-state index in [-0.39, 0.29) is 23.8 Å². The first-order chi connectivity index (χ1) is 7.67. The SMILES string of the molecule is CCC(CC)(CO)CNC(=O)C1CCSC1. The van der Waals surface area contributed by atoms with Crippen molar-refractivity contribution in [1.29, 1.82) is 0 Å². The van der Waals surface area contributed by atoms with Crippen LogP contribution in [0.2, 0.25) is 0 Å². The molecule has 1 heterocycles. The fraction of sp³-hybridized carbons (Fsp3) is 0.917. The molecule has 94 valence electrons. The van der Waals surface area contributed by atoms with Gasteiger partial charge in [-0.2, -0.15) is 11.8 Å². The van der Waals surface area contributed by atoms with E-state index >= 15 is 0 Å². The quantitative estimate of drug-likeness (QED) is 0.748. The highest BCUT2D eigenvalue weighted by Crippen LogP contribution is 2.26. The Labute approximate surface area is 102 Å². The molecular weight excluding hydrogens is 222 g/mol. The average molecular weight is 245 g/mol. The summed E-state index contributed by atoms with van der Waals surface area (Å²) in [5.41, 5.74) is -0.124. The fourth-order valence-corrected chi connectivity index (χ4v) is 3.16. The number of aliphatic hydroxyl groups excluding tert-OH is 1. The lowest BCUT2D eigenvalue weighted by Crippen LogP contribution is -2.41. The Bertz CT molecular complexity index is 215. The summed E-state index contributed by atoms with van der Waals surface area (Å²) in [4.78, 5) is 11.8. The summed E-state index contributed by atoms with van der Waals surface area (Å²) < 4.78 is 0. The third-order valence-corrected chi connectivity index (χ3v) is 4.94. The van der Waals surface area contributed by atoms with Gasteiger partial charge in [-0.15, -0.1) is 0 Å². The number of aliphatic hydroxyl groups is 1. The van der Waals surface area contributed by atoms with Crippen LogP contribution in [-0.4, -0.2) is 35.7 Å². The van der Waals surface area contributed by atoms with Crippen LogP contribution in [0.1, 0.15) is 33.1 Å². The Balaban J connectivity index is 2.39. The highest BCUT2D eigenvalue weighted by Gasteiger charge is 2.28. The van der Waals surface area contributed by atoms with Crippen molar-refractivity contribution in [3.8, 4) is 0 Å². The van der Waals surface area contributed by atoms with Crippen molar-refractivity contribution < 1.29 is 9.90 Å². The van der Waals surface area contributed by atoms with Gasteiger partial charge in [0.15, 0.2) is 0 Å². The number of hydrogen-bond acceptors (Lipinski definition) is 3. The molecule has 1 unspecified atom stereocenters. The average Bonchev–Trinajstić information content (AvgIpc) is 2.85. The van der Waals surface area contributed by atoms with Gasteiger partial charge < -0.3 is 10.4 Å². The van der Waals surface area contributed by atoms with Crippen LogP contribution >= 0.6 is 11.8 Å². The Hall–Kier alpha value is -0.220. The molecule has 0 spiro atoms. The standard InChI is InChI=1S/C12H23NO2S/c1-3-12(4-2,9-14)8-13-11(15)10-5-6-16-7-10/h10,14H,3-9H2,1-2H3,(H,13,15). The number of hydrogen-bond donors (Lipinski definition) is 2. The van der Waals surface area contributed by atoms with Gasteiger partial charge in [-0.25, -0.2) is 0 Å². The first-order valence-corrected chi connectivity index (χ1v) is 7.29. The van der Waals surface area contributed by atoms with E-state index in [0.717, 1.165) is 30.8 Å². The zero-order valence-electron chi connectivity index (χ0n) is 10.3. The maximum atomic E-state index is 11.8. The highest BCUT2D eigenvalue weighted by atomic mass is 32.2. The van der Waals surface area contributed by atoms with Gasteiger partial charge in [-0.1, -0.05) is 13.8 Å². The zero-order chi connectivity index (χ0) is 12.0. The van der Waals surface area contributed by atoms with Crippen molar-refractivity contribution >= 4 is 17.7 Å². The normalized spacial score (nSPS) is 21.1. The minimum absolute atomic E-state index is 0.124. The predicted octanol–water partition coefficient (Wildman–Crippen LogP) is 1.65. The molecular formula is C12H23NO2S. The van der Waals surface area contributed by atoms with E-state index in [1.54, 1.807) is 0 Å². The number of rotatable bonds is 6. The summed E-state index contributed by atoms with van der Waals surface area (Å²) in [6.45, 7) is 4.89. The van der Waals surface area contributed by atoms with Crippen molar-refractivity contribution in [2.24, 2.45) is 11.3 Å². The van der Waals surface area contributed by atoms with Gasteiger partial charge in [-0.05, 0) is 25.0 Å². The third kappa shape index (κ3) is 3.39. The molecule has 0 bridgehead atoms. The van der Waals surface area contributed by atoms with Gasteiger partial charge in [0.25, 0.3) is 0 Å². The molecule has 0 aromatic carbocycles. The molecule has 0 saturated carbocycles. The summed E-state index contributed by atoms with van der Waals surface area (Å²) in [5, 5.41) is 12.4. The zero-order valence-corrected chi connectivity index (χ0v) is 11.1. The van der Waals surface area contributed by atoms with Crippen molar-refractivity contribution in [3.63, 3.8) is 0 Å². The van der Waals surface area contributed by atoms with Crippen LogP contribution < -0.4 is 5.32 Å². The second-order valence-corrected chi connectivity index (χ2v) is 5.79. The van der Waals surface area contributed by atoms with E-state index < -0.39 is 0 Å². The molecule has 1 atom stereocenters. The lowest BCUT2D eigenvalue weighted by atomic mass is 9.83. The summed E-state index contributed by atoms with van der Waals surface area (Å²) in [6.07, 6.45) is 2.81. The van der Waals surface area contributed by atoms with E-state index in [1.807, 2.05) is 11.8 Å². The van der Waals surface area contributed by atoms with Crippen LogP contribution in [0.15, 0.2) is 0 Å². The number of amides is 1. The van der Waals surface area contributed by atoms with E-state index in [2.05, 4.69) is 19.2 Å². The molecule has 0 aliphatic carbocycles. The molecule has 0 radical (unpaired) electrons. The van der Waals surface area contributed by atoms with Crippen molar-refractivity contribution in [3.05, 3.63) is 0 Å². The van der Waals surface area contributed by atoms with E-state index in [0.29, 0.717) is 6.54 Å². The first kappa shape index (κ1) is 13.8. The fourth-order valence-electron chi connectivity index (χ4n) is 1.94. The Morgan fingerprint density at radius 2 is 2.19 bits per heavy atom. The van der Waals surface area contributed by atoms with Gasteiger partial charge >= 0.3 is 0 Å². The molecule has 0 aromatic heterocycles. The van der Waals surface area contributed by atoms with Crippen molar-refractivity contribution in [2.75, 3.05) is 24.7 Å². The van der Waals surface area contributed by atoms with Gasteiger partial charge in [0.1, 0.15) is 0 Å². The molecule has 1 rings (SSSR count). The van der Waals surface area contributed by atoms with Crippen LogP contribution in [0, 0.1) is 11.3 Å². The molecule has 0 aromatic rings. The van der Waals surface area contributed by atoms with Crippen LogP contribution in [0.5, 0.6) is 0 Å². The molecule has 1 aliphatic heterocycles. The van der Waals surface area contributed by atoms with E-state index in [9.17, 15) is 9.90 Å². The molecule has 1 amide bonds. The number of carbonyl (C=O) groups is 1. The molecule has 16 heavy (non-hydrogen) atoms. The van der Waals surface area contributed by atoms with Gasteiger partial charge in [0, 0.05) is 23.6 Å². The molecule has 1 saturated heterocycles. The van der Waals surface area contributed by atoms with Crippen LogP contribution in [-0.2, 0) is 4.79 Å². The predicted molar refractivity (Wildman–Crippen MR) is 68.5 cm³/mol. The molecule has 4 heteroatoms. The van der Waals surface area contributed by atoms with Crippen LogP contribution in [0.4, 0.5) is 0 Å². The largest absolute Gasteiger partial charge is 0.396 e. The molecule has 2 N–H and O–H groups in total. The smallest absolute Gasteiger partial charge is 0.223 e. The Morgan fingerprint density at radius 3 is 2.62 bits per heavy atom. The minimum atomic E-state index is -0.124. The second-order valence-electron chi connectivity index (χ2n) is 4.64. The Kier molecular flexibility index (Phi) is 5.62. The van der Waals surface area contributed by atoms with Gasteiger partial charge in [0.05, 0.1) is 6.61 Å². The lowest BCUT2D eigenvalue weighted by Gasteiger charge is -2.30. The van der Waals surface area contributed by atoms with Crippen LogP contribution in [0.25, 0.3) is 0 Å². The van der Waals surface area contributed by atoms with E-state index in [1.165, 1.54) is 0 Å². The molecule has 1 aliphatic rings. The first-order valence-electron chi connectivity index (χ1n) is 6.13. The lowest BCUT2D eigenvalue weighted by molar-refractivity contribution is -0.124. The highest BCUT2D eigenvalue weighted by molar-refractivity contribution is 7.99. The summed E-state index contributed by atoms with van der Waals surface area (Å²) >= 11 is 1.85. The number of nitrogens with one attached hydrogen (secondary N) is 1. The van der Waals surface area contributed by atoms with Crippen LogP contribution in [0.3, 0.4) is 0 Å². The van der Waals surface area contributed by atoms with Gasteiger partial charge in [-0.3, -0.25) is 4.79 Å². The molecule has 1 fully saturated rings.